The van der Waals surface area contributed by atoms with E-state index in [0.717, 1.165) is 53.8 Å². The van der Waals surface area contributed by atoms with E-state index in [2.05, 4.69) is 52.6 Å². The van der Waals surface area contributed by atoms with E-state index >= 15 is 0 Å². The SMILES string of the molecule is Cc1ccc(C)c2[nH]c(=O)c([C@H](c3nnnn3C3CCCC3)[NH+]3CCC[C@H](C)C3)cc12. The Morgan fingerprint density at radius 1 is 1.13 bits per heavy atom. The number of fused-ring (bicyclic) bond motifs is 1. The summed E-state index contributed by atoms with van der Waals surface area (Å²) in [4.78, 5) is 18.1. The van der Waals surface area contributed by atoms with Gasteiger partial charge in [0.15, 0.2) is 6.04 Å². The van der Waals surface area contributed by atoms with Crippen LogP contribution in [0.25, 0.3) is 10.9 Å². The van der Waals surface area contributed by atoms with Crippen LogP contribution in [0.4, 0.5) is 0 Å². The maximum absolute atomic E-state index is 13.4. The molecule has 2 fully saturated rings. The van der Waals surface area contributed by atoms with Crippen LogP contribution >= 0.6 is 0 Å². The predicted molar refractivity (Wildman–Crippen MR) is 120 cm³/mol. The average Bonchev–Trinajstić information content (AvgIpc) is 3.44. The molecule has 31 heavy (non-hydrogen) atoms. The van der Waals surface area contributed by atoms with Gasteiger partial charge in [-0.2, -0.15) is 0 Å². The number of aromatic amines is 1. The van der Waals surface area contributed by atoms with Crippen molar-refractivity contribution in [3.8, 4) is 0 Å². The number of likely N-dealkylation sites (tertiary alicyclic amines) is 1. The van der Waals surface area contributed by atoms with E-state index in [-0.39, 0.29) is 11.6 Å². The molecule has 164 valence electrons. The fourth-order valence-electron chi connectivity index (χ4n) is 5.74. The van der Waals surface area contributed by atoms with Crippen LogP contribution in [0, 0.1) is 19.8 Å². The summed E-state index contributed by atoms with van der Waals surface area (Å²) in [5.41, 5.74) is 3.98. The van der Waals surface area contributed by atoms with Gasteiger partial charge in [-0.3, -0.25) is 4.79 Å². The number of quaternary nitrogens is 1. The van der Waals surface area contributed by atoms with E-state index in [1.807, 2.05) is 11.6 Å². The van der Waals surface area contributed by atoms with Gasteiger partial charge in [-0.15, -0.1) is 5.10 Å². The maximum atomic E-state index is 13.4. The van der Waals surface area contributed by atoms with Crippen LogP contribution in [0.15, 0.2) is 23.0 Å². The number of H-pyrrole nitrogens is 1. The summed E-state index contributed by atoms with van der Waals surface area (Å²) in [6, 6.07) is 6.51. The van der Waals surface area contributed by atoms with Gasteiger partial charge in [-0.1, -0.05) is 31.9 Å². The molecular weight excluding hydrogens is 388 g/mol. The van der Waals surface area contributed by atoms with E-state index < -0.39 is 0 Å². The van der Waals surface area contributed by atoms with Gasteiger partial charge in [0.2, 0.25) is 5.82 Å². The second-order valence-electron chi connectivity index (χ2n) is 9.75. The molecule has 1 saturated carbocycles. The van der Waals surface area contributed by atoms with Crippen LogP contribution in [0.1, 0.15) is 80.0 Å². The molecule has 0 spiro atoms. The number of benzene rings is 1. The second-order valence-corrected chi connectivity index (χ2v) is 9.75. The molecule has 3 heterocycles. The summed E-state index contributed by atoms with van der Waals surface area (Å²) < 4.78 is 2.04. The summed E-state index contributed by atoms with van der Waals surface area (Å²) >= 11 is 0. The highest BCUT2D eigenvalue weighted by atomic mass is 16.1. The number of aromatic nitrogens is 5. The van der Waals surface area contributed by atoms with Crippen LogP contribution < -0.4 is 10.5 Å². The first-order valence-corrected chi connectivity index (χ1v) is 11.8. The minimum atomic E-state index is -0.147. The van der Waals surface area contributed by atoms with Crippen molar-refractivity contribution in [3.63, 3.8) is 0 Å². The molecule has 2 N–H and O–H groups in total. The van der Waals surface area contributed by atoms with Crippen LogP contribution in [0.2, 0.25) is 0 Å². The molecule has 1 aliphatic carbocycles. The normalized spacial score (nSPS) is 23.5. The molecule has 7 heteroatoms. The molecule has 0 bridgehead atoms. The van der Waals surface area contributed by atoms with Crippen molar-refractivity contribution < 1.29 is 4.90 Å². The molecule has 2 aromatic heterocycles. The van der Waals surface area contributed by atoms with E-state index in [0.29, 0.717) is 12.0 Å². The number of piperidine rings is 1. The van der Waals surface area contributed by atoms with Gasteiger partial charge in [0, 0.05) is 11.3 Å². The van der Waals surface area contributed by atoms with Gasteiger partial charge in [0.1, 0.15) is 0 Å². The number of hydrogen-bond donors (Lipinski definition) is 2. The van der Waals surface area contributed by atoms with Gasteiger partial charge in [0.25, 0.3) is 5.56 Å². The third kappa shape index (κ3) is 3.69. The van der Waals surface area contributed by atoms with Gasteiger partial charge < -0.3 is 9.88 Å². The Labute approximate surface area is 182 Å². The quantitative estimate of drug-likeness (QED) is 0.679. The molecule has 1 aromatic carbocycles. The molecule has 1 aliphatic heterocycles. The molecule has 1 unspecified atom stereocenters. The summed E-state index contributed by atoms with van der Waals surface area (Å²) in [5.74, 6) is 1.48. The fourth-order valence-corrected chi connectivity index (χ4v) is 5.74. The highest BCUT2D eigenvalue weighted by molar-refractivity contribution is 5.85. The number of tetrazole rings is 1. The van der Waals surface area contributed by atoms with Crippen molar-refractivity contribution in [2.45, 2.75) is 71.4 Å². The Hall–Kier alpha value is -2.54. The zero-order valence-electron chi connectivity index (χ0n) is 18.8. The molecule has 7 nitrogen and oxygen atoms in total. The average molecular weight is 422 g/mol. The van der Waals surface area contributed by atoms with Gasteiger partial charge in [0.05, 0.1) is 30.2 Å². The van der Waals surface area contributed by atoms with Crippen molar-refractivity contribution in [1.29, 1.82) is 0 Å². The van der Waals surface area contributed by atoms with E-state index in [9.17, 15) is 4.79 Å². The Morgan fingerprint density at radius 3 is 2.68 bits per heavy atom. The lowest BCUT2D eigenvalue weighted by atomic mass is 9.94. The summed E-state index contributed by atoms with van der Waals surface area (Å²) in [5, 5.41) is 14.1. The largest absolute Gasteiger partial charge is 0.322 e. The smallest absolute Gasteiger partial charge is 0.258 e. The number of rotatable bonds is 4. The number of aryl methyl sites for hydroxylation is 2. The van der Waals surface area contributed by atoms with Crippen molar-refractivity contribution in [3.05, 3.63) is 51.1 Å². The first-order valence-electron chi connectivity index (χ1n) is 11.8. The van der Waals surface area contributed by atoms with Crippen LogP contribution in [0.3, 0.4) is 0 Å². The third-order valence-corrected chi connectivity index (χ3v) is 7.44. The molecule has 5 rings (SSSR count). The van der Waals surface area contributed by atoms with E-state index in [1.54, 1.807) is 0 Å². The minimum Gasteiger partial charge on any atom is -0.322 e. The van der Waals surface area contributed by atoms with E-state index in [1.165, 1.54) is 36.1 Å². The number of pyridine rings is 1. The van der Waals surface area contributed by atoms with Crippen molar-refractivity contribution >= 4 is 10.9 Å². The lowest BCUT2D eigenvalue weighted by Crippen LogP contribution is -3.14. The zero-order chi connectivity index (χ0) is 21.5. The topological polar surface area (TPSA) is 80.9 Å². The number of hydrogen-bond acceptors (Lipinski definition) is 4. The lowest BCUT2D eigenvalue weighted by molar-refractivity contribution is -0.934. The molecule has 1 saturated heterocycles. The van der Waals surface area contributed by atoms with Crippen LogP contribution in [-0.4, -0.2) is 38.3 Å². The minimum absolute atomic E-state index is 0.0158. The van der Waals surface area contributed by atoms with Gasteiger partial charge in [-0.25, -0.2) is 4.68 Å². The lowest BCUT2D eigenvalue weighted by Gasteiger charge is -2.34. The second kappa shape index (κ2) is 8.19. The Kier molecular flexibility index (Phi) is 5.38. The molecule has 0 amide bonds. The van der Waals surface area contributed by atoms with Crippen LogP contribution in [0.5, 0.6) is 0 Å². The number of nitrogens with zero attached hydrogens (tertiary/aromatic N) is 4. The zero-order valence-corrected chi connectivity index (χ0v) is 18.8. The first kappa shape index (κ1) is 20.4. The van der Waals surface area contributed by atoms with Gasteiger partial charge in [-0.05, 0) is 67.2 Å². The molecule has 3 atom stereocenters. The Balaban J connectivity index is 1.69. The molecular formula is C24H33N6O+. The van der Waals surface area contributed by atoms with Crippen molar-refractivity contribution in [2.75, 3.05) is 13.1 Å². The summed E-state index contributed by atoms with van der Waals surface area (Å²) in [6.07, 6.45) is 7.08. The predicted octanol–water partition coefficient (Wildman–Crippen LogP) is 2.65. The van der Waals surface area contributed by atoms with Gasteiger partial charge >= 0.3 is 0 Å². The Bertz CT molecular complexity index is 1140. The summed E-state index contributed by atoms with van der Waals surface area (Å²) in [6.45, 7) is 8.54. The van der Waals surface area contributed by atoms with E-state index in [4.69, 9.17) is 0 Å². The van der Waals surface area contributed by atoms with Crippen molar-refractivity contribution in [2.24, 2.45) is 5.92 Å². The fraction of sp³-hybridized carbons (Fsp3) is 0.583. The first-order chi connectivity index (χ1) is 15.0. The highest BCUT2D eigenvalue weighted by Gasteiger charge is 2.38. The van der Waals surface area contributed by atoms with Crippen molar-refractivity contribution in [1.82, 2.24) is 25.2 Å². The molecule has 0 radical (unpaired) electrons. The monoisotopic (exact) mass is 421 g/mol. The molecule has 2 aliphatic rings. The standard InChI is InChI=1S/C24H32N6O/c1-15-7-6-12-29(14-15)22(23-26-27-28-30(23)18-8-4-5-9-18)20-13-19-16(2)10-11-17(3)21(19)25-24(20)31/h10-11,13,15,18,22H,4-9,12,14H2,1-3H3,(H,25,31)/p+1/t15-,22+/m0/s1. The highest BCUT2D eigenvalue weighted by Crippen LogP contribution is 2.31. The maximum Gasteiger partial charge on any atom is 0.258 e. The summed E-state index contributed by atoms with van der Waals surface area (Å²) in [7, 11) is 0. The third-order valence-electron chi connectivity index (χ3n) is 7.44. The number of nitrogens with one attached hydrogen (secondary N) is 2. The molecule has 3 aromatic rings. The Morgan fingerprint density at radius 2 is 1.90 bits per heavy atom. The van der Waals surface area contributed by atoms with Crippen LogP contribution in [-0.2, 0) is 0 Å².